The van der Waals surface area contributed by atoms with Gasteiger partial charge < -0.3 is 10.1 Å². The molecule has 0 atom stereocenters. The highest BCUT2D eigenvalue weighted by molar-refractivity contribution is 6.30. The predicted octanol–water partition coefficient (Wildman–Crippen LogP) is 2.26. The van der Waals surface area contributed by atoms with Crippen molar-refractivity contribution in [1.82, 2.24) is 20.1 Å². The van der Waals surface area contributed by atoms with E-state index in [1.807, 2.05) is 6.92 Å². The Morgan fingerprint density at radius 3 is 2.92 bits per heavy atom. The Hall–Kier alpha value is -2.12. The van der Waals surface area contributed by atoms with Gasteiger partial charge in [-0.15, -0.1) is 0 Å². The Kier molecular flexibility index (Phi) is 5.55. The monoisotopic (exact) mass is 363 g/mol. The fourth-order valence-corrected chi connectivity index (χ4v) is 3.07. The van der Waals surface area contributed by atoms with E-state index in [0.29, 0.717) is 22.6 Å². The van der Waals surface area contributed by atoms with Crippen LogP contribution in [0.3, 0.4) is 0 Å². The fraction of sp³-hybridized carbons (Fsp3) is 0.471. The summed E-state index contributed by atoms with van der Waals surface area (Å²) in [5, 5.41) is 11.2. The zero-order valence-corrected chi connectivity index (χ0v) is 15.1. The van der Waals surface area contributed by atoms with Crippen LogP contribution < -0.4 is 15.4 Å². The molecule has 0 aliphatic carbocycles. The SMILES string of the molecule is Cc1cc(Cl)ccc1OCC(=O)Nc1nc(C2CCNCC2)nn1C. The molecule has 2 heterocycles. The summed E-state index contributed by atoms with van der Waals surface area (Å²) in [5.74, 6) is 1.92. The van der Waals surface area contributed by atoms with Crippen LogP contribution in [0.1, 0.15) is 30.1 Å². The molecule has 2 N–H and O–H groups in total. The van der Waals surface area contributed by atoms with Gasteiger partial charge >= 0.3 is 0 Å². The number of halogens is 1. The molecule has 8 heteroatoms. The van der Waals surface area contributed by atoms with Crippen LogP contribution in [0.5, 0.6) is 5.75 Å². The van der Waals surface area contributed by atoms with Crippen LogP contribution in [0.25, 0.3) is 0 Å². The Balaban J connectivity index is 1.58. The molecule has 7 nitrogen and oxygen atoms in total. The number of benzene rings is 1. The van der Waals surface area contributed by atoms with Crippen LogP contribution in [0.2, 0.25) is 5.02 Å². The number of nitrogens with one attached hydrogen (secondary N) is 2. The lowest BCUT2D eigenvalue weighted by Crippen LogP contribution is -2.27. The van der Waals surface area contributed by atoms with Crippen molar-refractivity contribution >= 4 is 23.5 Å². The quantitative estimate of drug-likeness (QED) is 0.851. The molecule has 25 heavy (non-hydrogen) atoms. The Labute approximate surface area is 151 Å². The van der Waals surface area contributed by atoms with Gasteiger partial charge in [0.2, 0.25) is 5.95 Å². The van der Waals surface area contributed by atoms with Crippen molar-refractivity contribution in [3.8, 4) is 5.75 Å². The maximum absolute atomic E-state index is 12.1. The lowest BCUT2D eigenvalue weighted by Gasteiger charge is -2.19. The second-order valence-electron chi connectivity index (χ2n) is 6.19. The minimum Gasteiger partial charge on any atom is -0.483 e. The molecule has 1 saturated heterocycles. The van der Waals surface area contributed by atoms with Crippen molar-refractivity contribution in [1.29, 1.82) is 0 Å². The smallest absolute Gasteiger partial charge is 0.264 e. The normalized spacial score (nSPS) is 15.2. The molecule has 0 bridgehead atoms. The first kappa shape index (κ1) is 17.7. The number of amides is 1. The van der Waals surface area contributed by atoms with Gasteiger partial charge in [-0.3, -0.25) is 10.1 Å². The lowest BCUT2D eigenvalue weighted by molar-refractivity contribution is -0.118. The van der Waals surface area contributed by atoms with E-state index < -0.39 is 0 Å². The molecule has 1 aromatic heterocycles. The molecule has 1 amide bonds. The van der Waals surface area contributed by atoms with Gasteiger partial charge in [0.05, 0.1) is 0 Å². The molecule has 1 aliphatic heterocycles. The summed E-state index contributed by atoms with van der Waals surface area (Å²) < 4.78 is 7.15. The van der Waals surface area contributed by atoms with Crippen molar-refractivity contribution in [3.63, 3.8) is 0 Å². The third-order valence-electron chi connectivity index (χ3n) is 4.23. The van der Waals surface area contributed by atoms with E-state index in [9.17, 15) is 4.79 Å². The van der Waals surface area contributed by atoms with Gasteiger partial charge in [-0.05, 0) is 56.6 Å². The number of hydrogen-bond donors (Lipinski definition) is 2. The minimum atomic E-state index is -0.276. The average Bonchev–Trinajstić information content (AvgIpc) is 2.95. The number of piperidine rings is 1. The van der Waals surface area contributed by atoms with E-state index >= 15 is 0 Å². The standard InChI is InChI=1S/C17H22ClN5O2/c1-11-9-13(18)3-4-14(11)25-10-15(24)20-17-21-16(22-23(17)2)12-5-7-19-8-6-12/h3-4,9,12,19H,5-8,10H2,1-2H3,(H,20,21,22,24). The molecular weight excluding hydrogens is 342 g/mol. The second kappa shape index (κ2) is 7.84. The molecule has 1 aliphatic rings. The third-order valence-corrected chi connectivity index (χ3v) is 4.47. The largest absolute Gasteiger partial charge is 0.483 e. The van der Waals surface area contributed by atoms with Crippen LogP contribution in [0.4, 0.5) is 5.95 Å². The van der Waals surface area contributed by atoms with Crippen LogP contribution in [0, 0.1) is 6.92 Å². The van der Waals surface area contributed by atoms with Gasteiger partial charge in [-0.25, -0.2) is 4.68 Å². The fourth-order valence-electron chi connectivity index (χ4n) is 2.85. The topological polar surface area (TPSA) is 81.1 Å². The summed E-state index contributed by atoms with van der Waals surface area (Å²) in [4.78, 5) is 16.6. The third kappa shape index (κ3) is 4.49. The zero-order valence-electron chi connectivity index (χ0n) is 14.4. The number of anilines is 1. The van der Waals surface area contributed by atoms with Crippen molar-refractivity contribution in [3.05, 3.63) is 34.6 Å². The first-order chi connectivity index (χ1) is 12.0. The molecule has 0 spiro atoms. The van der Waals surface area contributed by atoms with Crippen molar-refractivity contribution in [2.75, 3.05) is 25.0 Å². The molecule has 3 rings (SSSR count). The predicted molar refractivity (Wildman–Crippen MR) is 96.2 cm³/mol. The maximum atomic E-state index is 12.1. The van der Waals surface area contributed by atoms with Crippen molar-refractivity contribution in [2.45, 2.75) is 25.7 Å². The number of hydrogen-bond acceptors (Lipinski definition) is 5. The van der Waals surface area contributed by atoms with Gasteiger partial charge in [-0.1, -0.05) is 11.6 Å². The molecule has 1 aromatic carbocycles. The first-order valence-electron chi connectivity index (χ1n) is 8.33. The Morgan fingerprint density at radius 2 is 2.20 bits per heavy atom. The molecule has 134 valence electrons. The van der Waals surface area contributed by atoms with E-state index in [1.54, 1.807) is 29.9 Å². The number of aryl methyl sites for hydroxylation is 2. The van der Waals surface area contributed by atoms with Crippen molar-refractivity contribution in [2.24, 2.45) is 7.05 Å². The van der Waals surface area contributed by atoms with E-state index in [1.165, 1.54) is 0 Å². The Morgan fingerprint density at radius 1 is 1.44 bits per heavy atom. The molecule has 2 aromatic rings. The molecule has 0 saturated carbocycles. The highest BCUT2D eigenvalue weighted by Gasteiger charge is 2.21. The van der Waals surface area contributed by atoms with Gasteiger partial charge in [0.25, 0.3) is 5.91 Å². The molecule has 0 unspecified atom stereocenters. The van der Waals surface area contributed by atoms with Gasteiger partial charge in [0, 0.05) is 18.0 Å². The van der Waals surface area contributed by atoms with E-state index in [0.717, 1.165) is 37.3 Å². The molecule has 1 fully saturated rings. The number of carbonyl (C=O) groups is 1. The number of rotatable bonds is 5. The molecular formula is C17H22ClN5O2. The number of ether oxygens (including phenoxy) is 1. The van der Waals surface area contributed by atoms with Gasteiger partial charge in [0.1, 0.15) is 5.75 Å². The Bertz CT molecular complexity index is 755. The second-order valence-corrected chi connectivity index (χ2v) is 6.62. The number of nitrogens with zero attached hydrogens (tertiary/aromatic N) is 3. The average molecular weight is 364 g/mol. The summed E-state index contributed by atoms with van der Waals surface area (Å²) in [6.45, 7) is 3.73. The summed E-state index contributed by atoms with van der Waals surface area (Å²) >= 11 is 5.91. The van der Waals surface area contributed by atoms with E-state index in [-0.39, 0.29) is 12.5 Å². The summed E-state index contributed by atoms with van der Waals surface area (Å²) in [5.41, 5.74) is 0.882. The molecule has 0 radical (unpaired) electrons. The maximum Gasteiger partial charge on any atom is 0.264 e. The highest BCUT2D eigenvalue weighted by atomic mass is 35.5. The van der Waals surface area contributed by atoms with Crippen LogP contribution in [0.15, 0.2) is 18.2 Å². The van der Waals surface area contributed by atoms with Crippen molar-refractivity contribution < 1.29 is 9.53 Å². The summed E-state index contributed by atoms with van der Waals surface area (Å²) in [6, 6.07) is 5.28. The van der Waals surface area contributed by atoms with Crippen LogP contribution in [-0.4, -0.2) is 40.4 Å². The highest BCUT2D eigenvalue weighted by Crippen LogP contribution is 2.24. The number of carbonyl (C=O) groups excluding carboxylic acids is 1. The zero-order chi connectivity index (χ0) is 17.8. The van der Waals surface area contributed by atoms with Crippen LogP contribution >= 0.6 is 11.6 Å². The van der Waals surface area contributed by atoms with E-state index in [4.69, 9.17) is 16.3 Å². The summed E-state index contributed by atoms with van der Waals surface area (Å²) in [6.07, 6.45) is 2.02. The first-order valence-corrected chi connectivity index (χ1v) is 8.71. The minimum absolute atomic E-state index is 0.0992. The van der Waals surface area contributed by atoms with E-state index in [2.05, 4.69) is 20.7 Å². The van der Waals surface area contributed by atoms with Gasteiger partial charge in [0.15, 0.2) is 12.4 Å². The van der Waals surface area contributed by atoms with Crippen LogP contribution in [-0.2, 0) is 11.8 Å². The number of aromatic nitrogens is 3. The summed E-state index contributed by atoms with van der Waals surface area (Å²) in [7, 11) is 1.78. The van der Waals surface area contributed by atoms with Gasteiger partial charge in [-0.2, -0.15) is 10.1 Å². The lowest BCUT2D eigenvalue weighted by atomic mass is 9.98.